The predicted molar refractivity (Wildman–Crippen MR) is 74.1 cm³/mol. The number of ether oxygens (including phenoxy) is 1. The summed E-state index contributed by atoms with van der Waals surface area (Å²) in [5, 5.41) is 12.7. The number of aliphatic hydroxyl groups is 1. The average molecular weight is 357 g/mol. The highest BCUT2D eigenvalue weighted by molar-refractivity contribution is 14.1. The van der Waals surface area contributed by atoms with E-state index in [4.69, 9.17) is 4.74 Å². The minimum atomic E-state index is -0.764. The third-order valence-electron chi connectivity index (χ3n) is 3.54. The van der Waals surface area contributed by atoms with Crippen molar-refractivity contribution >= 4 is 28.6 Å². The van der Waals surface area contributed by atoms with Gasteiger partial charge in [0.1, 0.15) is 12.4 Å². The van der Waals surface area contributed by atoms with Crippen molar-refractivity contribution in [1.82, 2.24) is 5.32 Å². The lowest BCUT2D eigenvalue weighted by atomic mass is 9.66. The van der Waals surface area contributed by atoms with Crippen LogP contribution in [0.25, 0.3) is 0 Å². The molecule has 2 aliphatic rings. The lowest BCUT2D eigenvalue weighted by Gasteiger charge is -2.54. The monoisotopic (exact) mass is 357 g/mol. The van der Waals surface area contributed by atoms with Gasteiger partial charge in [0.05, 0.1) is 9.50 Å². The molecule has 1 saturated heterocycles. The summed E-state index contributed by atoms with van der Waals surface area (Å²) in [5.74, 6) is -0.0801. The van der Waals surface area contributed by atoms with E-state index in [-0.39, 0.29) is 18.5 Å². The van der Waals surface area contributed by atoms with Crippen molar-refractivity contribution in [2.24, 2.45) is 5.92 Å². The van der Waals surface area contributed by atoms with Gasteiger partial charge in [-0.1, -0.05) is 30.3 Å². The number of hydrogen-bond donors (Lipinski definition) is 2. The maximum absolute atomic E-state index is 12.1. The number of aliphatic hydroxyl groups excluding tert-OH is 1. The second-order valence-corrected chi connectivity index (χ2v) is 5.58. The average Bonchev–Trinajstić information content (AvgIpc) is 2.37. The first-order valence-electron chi connectivity index (χ1n) is 5.71. The normalized spacial score (nSPS) is 29.1. The first-order chi connectivity index (χ1) is 8.66. The second kappa shape index (κ2) is 4.24. The molecule has 2 N–H and O–H groups in total. The molecule has 1 fully saturated rings. The molecule has 3 rings (SSSR count). The number of hydrogen-bond acceptors (Lipinski definition) is 4. The summed E-state index contributed by atoms with van der Waals surface area (Å²) < 4.78 is 5.99. The number of carbonyl (C=O) groups excluding carboxylic acids is 1. The number of halogens is 1. The van der Waals surface area contributed by atoms with E-state index in [9.17, 15) is 9.90 Å². The Hall–Kier alpha value is -1.08. The third kappa shape index (κ3) is 1.50. The Bertz CT molecular complexity index is 528. The van der Waals surface area contributed by atoms with Crippen LogP contribution in [-0.2, 0) is 16.1 Å². The van der Waals surface area contributed by atoms with E-state index < -0.39 is 5.54 Å². The van der Waals surface area contributed by atoms with Crippen molar-refractivity contribution in [2.45, 2.75) is 12.1 Å². The Morgan fingerprint density at radius 3 is 2.78 bits per heavy atom. The van der Waals surface area contributed by atoms with E-state index in [0.717, 1.165) is 5.56 Å². The quantitative estimate of drug-likeness (QED) is 0.641. The molecule has 94 valence electrons. The van der Waals surface area contributed by atoms with E-state index in [0.29, 0.717) is 15.9 Å². The third-order valence-corrected chi connectivity index (χ3v) is 4.95. The molecule has 18 heavy (non-hydrogen) atoms. The van der Waals surface area contributed by atoms with E-state index in [1.54, 1.807) is 0 Å². The van der Waals surface area contributed by atoms with Crippen molar-refractivity contribution in [1.29, 1.82) is 0 Å². The SMILES string of the molecule is O=C(OCc1ccccc1)C12NCC1C(O)=C2I. The summed E-state index contributed by atoms with van der Waals surface area (Å²) in [6.45, 7) is 0.902. The van der Waals surface area contributed by atoms with Gasteiger partial charge in [0, 0.05) is 6.54 Å². The molecule has 0 spiro atoms. The first kappa shape index (κ1) is 12.0. The van der Waals surface area contributed by atoms with Crippen LogP contribution in [0.15, 0.2) is 39.7 Å². The maximum Gasteiger partial charge on any atom is 0.332 e. The molecule has 0 bridgehead atoms. The molecule has 5 heteroatoms. The number of esters is 1. The van der Waals surface area contributed by atoms with Gasteiger partial charge in [0.25, 0.3) is 0 Å². The largest absolute Gasteiger partial charge is 0.511 e. The Morgan fingerprint density at radius 1 is 1.50 bits per heavy atom. The van der Waals surface area contributed by atoms with Crippen LogP contribution in [0, 0.1) is 5.92 Å². The fourth-order valence-corrected chi connectivity index (χ4v) is 3.52. The molecule has 1 aliphatic carbocycles. The zero-order chi connectivity index (χ0) is 12.8. The highest BCUT2D eigenvalue weighted by Gasteiger charge is 2.66. The van der Waals surface area contributed by atoms with Gasteiger partial charge in [-0.25, -0.2) is 4.79 Å². The van der Waals surface area contributed by atoms with Crippen molar-refractivity contribution in [3.05, 3.63) is 45.2 Å². The highest BCUT2D eigenvalue weighted by atomic mass is 127. The van der Waals surface area contributed by atoms with Crippen LogP contribution in [0.4, 0.5) is 0 Å². The number of rotatable bonds is 3. The Morgan fingerprint density at radius 2 is 2.22 bits per heavy atom. The van der Waals surface area contributed by atoms with Crippen LogP contribution >= 0.6 is 22.6 Å². The molecule has 2 unspecified atom stereocenters. The molecule has 1 aliphatic heterocycles. The Balaban J connectivity index is 1.67. The smallest absolute Gasteiger partial charge is 0.332 e. The Kier molecular flexibility index (Phi) is 2.82. The van der Waals surface area contributed by atoms with E-state index in [2.05, 4.69) is 5.32 Å². The van der Waals surface area contributed by atoms with Crippen molar-refractivity contribution < 1.29 is 14.6 Å². The second-order valence-electron chi connectivity index (χ2n) is 4.50. The van der Waals surface area contributed by atoms with Crippen LogP contribution < -0.4 is 5.32 Å². The minimum absolute atomic E-state index is 0.104. The Labute approximate surface area is 118 Å². The van der Waals surface area contributed by atoms with Crippen molar-refractivity contribution in [2.75, 3.05) is 6.54 Å². The topological polar surface area (TPSA) is 58.6 Å². The molecule has 0 radical (unpaired) electrons. The first-order valence-corrected chi connectivity index (χ1v) is 6.79. The van der Waals surface area contributed by atoms with Gasteiger partial charge in [-0.15, -0.1) is 0 Å². The minimum Gasteiger partial charge on any atom is -0.511 e. The lowest BCUT2D eigenvalue weighted by Crippen LogP contribution is -2.75. The fraction of sp³-hybridized carbons (Fsp3) is 0.308. The van der Waals surface area contributed by atoms with Crippen LogP contribution in [-0.4, -0.2) is 23.2 Å². The summed E-state index contributed by atoms with van der Waals surface area (Å²) in [5.41, 5.74) is 0.194. The molecule has 1 aromatic rings. The summed E-state index contributed by atoms with van der Waals surface area (Å²) in [7, 11) is 0. The number of carbonyl (C=O) groups is 1. The van der Waals surface area contributed by atoms with Gasteiger partial charge in [0.15, 0.2) is 5.54 Å². The van der Waals surface area contributed by atoms with E-state index in [1.165, 1.54) is 0 Å². The van der Waals surface area contributed by atoms with Gasteiger partial charge >= 0.3 is 5.97 Å². The van der Waals surface area contributed by atoms with Crippen molar-refractivity contribution in [3.8, 4) is 0 Å². The highest BCUT2D eigenvalue weighted by Crippen LogP contribution is 2.52. The number of nitrogens with one attached hydrogen (secondary N) is 1. The molecule has 0 saturated carbocycles. The van der Waals surface area contributed by atoms with Gasteiger partial charge in [-0.3, -0.25) is 5.32 Å². The van der Waals surface area contributed by atoms with E-state index in [1.807, 2.05) is 52.9 Å². The molecule has 1 heterocycles. The summed E-state index contributed by atoms with van der Waals surface area (Å²) in [6.07, 6.45) is 0. The molecule has 2 atom stereocenters. The van der Waals surface area contributed by atoms with Crippen molar-refractivity contribution in [3.63, 3.8) is 0 Å². The molecular formula is C13H12INO3. The summed E-state index contributed by atoms with van der Waals surface area (Å²) >= 11 is 2.00. The number of fused-ring (bicyclic) bond motifs is 1. The molecule has 4 nitrogen and oxygen atoms in total. The van der Waals surface area contributed by atoms with Crippen LogP contribution in [0.5, 0.6) is 0 Å². The predicted octanol–water partition coefficient (Wildman–Crippen LogP) is 1.91. The van der Waals surface area contributed by atoms with Crippen LogP contribution in [0.2, 0.25) is 0 Å². The standard InChI is InChI=1S/C13H12INO3/c14-11-10(16)9-6-15-13(9,11)12(17)18-7-8-4-2-1-3-5-8/h1-5,9,15-16H,6-7H2. The zero-order valence-electron chi connectivity index (χ0n) is 9.52. The summed E-state index contributed by atoms with van der Waals surface area (Å²) in [4.78, 5) is 12.1. The number of benzene rings is 1. The maximum atomic E-state index is 12.1. The summed E-state index contributed by atoms with van der Waals surface area (Å²) in [6, 6.07) is 9.56. The molecule has 0 aromatic heterocycles. The van der Waals surface area contributed by atoms with E-state index >= 15 is 0 Å². The molecule has 1 aromatic carbocycles. The van der Waals surface area contributed by atoms with Gasteiger partial charge in [0.2, 0.25) is 0 Å². The van der Waals surface area contributed by atoms with Crippen LogP contribution in [0.3, 0.4) is 0 Å². The lowest BCUT2D eigenvalue weighted by molar-refractivity contribution is -0.159. The van der Waals surface area contributed by atoms with Gasteiger partial charge in [-0.05, 0) is 28.2 Å². The van der Waals surface area contributed by atoms with Crippen LogP contribution in [0.1, 0.15) is 5.56 Å². The fourth-order valence-electron chi connectivity index (χ4n) is 2.36. The zero-order valence-corrected chi connectivity index (χ0v) is 11.7. The molecular weight excluding hydrogens is 345 g/mol. The van der Waals surface area contributed by atoms with Gasteiger partial charge < -0.3 is 9.84 Å². The molecule has 0 amide bonds. The van der Waals surface area contributed by atoms with Gasteiger partial charge in [-0.2, -0.15) is 0 Å².